The number of sulfonamides is 1. The summed E-state index contributed by atoms with van der Waals surface area (Å²) < 4.78 is 42.6. The highest BCUT2D eigenvalue weighted by Gasteiger charge is 2.27. The second-order valence-electron chi connectivity index (χ2n) is 7.57. The van der Waals surface area contributed by atoms with Gasteiger partial charge in [0.25, 0.3) is 5.91 Å². The second kappa shape index (κ2) is 9.63. The predicted molar refractivity (Wildman–Crippen MR) is 121 cm³/mol. The van der Waals surface area contributed by atoms with Crippen molar-refractivity contribution < 1.29 is 27.2 Å². The lowest BCUT2D eigenvalue weighted by atomic mass is 10.1. The van der Waals surface area contributed by atoms with Crippen molar-refractivity contribution in [3.05, 3.63) is 59.8 Å². The number of amides is 1. The molecule has 4 rings (SSSR count). The fourth-order valence-electron chi connectivity index (χ4n) is 3.65. The van der Waals surface area contributed by atoms with Crippen LogP contribution in [0.1, 0.15) is 28.9 Å². The largest absolute Gasteiger partial charge is 0.493 e. The highest BCUT2D eigenvalue weighted by atomic mass is 32.2. The smallest absolute Gasteiger partial charge is 0.251 e. The first-order valence-electron chi connectivity index (χ1n) is 10.5. The van der Waals surface area contributed by atoms with Crippen LogP contribution in [-0.2, 0) is 16.6 Å². The van der Waals surface area contributed by atoms with Gasteiger partial charge in [0, 0.05) is 30.3 Å². The minimum atomic E-state index is -3.51. The standard InChI is InChI=1S/C23H25N3O6S/c1-30-20-10-7-17(13-22(20)31-2)21-14-18(25-32-21)15-24-23(27)16-5-8-19(9-6-16)33(28,29)26-11-3-4-12-26/h5-10,13-14H,3-4,11-12,15H2,1-2H3,(H,24,27). The van der Waals surface area contributed by atoms with Crippen LogP contribution in [0.4, 0.5) is 0 Å². The average Bonchev–Trinajstić information content (AvgIpc) is 3.55. The molecule has 0 atom stereocenters. The molecule has 1 saturated heterocycles. The number of hydrogen-bond donors (Lipinski definition) is 1. The van der Waals surface area contributed by atoms with Crippen molar-refractivity contribution in [1.29, 1.82) is 0 Å². The fourth-order valence-corrected chi connectivity index (χ4v) is 5.17. The number of benzene rings is 2. The van der Waals surface area contributed by atoms with Crippen molar-refractivity contribution >= 4 is 15.9 Å². The zero-order valence-corrected chi connectivity index (χ0v) is 19.2. The molecule has 1 aliphatic rings. The molecule has 0 saturated carbocycles. The number of methoxy groups -OCH3 is 2. The van der Waals surface area contributed by atoms with Crippen molar-refractivity contribution in [2.45, 2.75) is 24.3 Å². The minimum absolute atomic E-state index is 0.156. The quantitative estimate of drug-likeness (QED) is 0.537. The van der Waals surface area contributed by atoms with Crippen LogP contribution < -0.4 is 14.8 Å². The summed E-state index contributed by atoms with van der Waals surface area (Å²) in [6.07, 6.45) is 1.74. The normalized spacial score (nSPS) is 14.2. The number of ether oxygens (including phenoxy) is 2. The topological polar surface area (TPSA) is 111 Å². The van der Waals surface area contributed by atoms with Crippen LogP contribution in [0.2, 0.25) is 0 Å². The Morgan fingerprint density at radius 3 is 2.39 bits per heavy atom. The molecule has 1 aliphatic heterocycles. The molecule has 0 spiro atoms. The van der Waals surface area contributed by atoms with Crippen LogP contribution in [0.5, 0.6) is 11.5 Å². The molecule has 1 aromatic heterocycles. The highest BCUT2D eigenvalue weighted by molar-refractivity contribution is 7.89. The molecule has 1 fully saturated rings. The predicted octanol–water partition coefficient (Wildman–Crippen LogP) is 3.07. The Hall–Kier alpha value is -3.37. The van der Waals surface area contributed by atoms with Crippen LogP contribution >= 0.6 is 0 Å². The Morgan fingerprint density at radius 1 is 1.03 bits per heavy atom. The molecule has 2 aromatic carbocycles. The van der Waals surface area contributed by atoms with Crippen molar-refractivity contribution in [3.8, 4) is 22.8 Å². The summed E-state index contributed by atoms with van der Waals surface area (Å²) in [7, 11) is -0.392. The van der Waals surface area contributed by atoms with E-state index in [1.165, 1.54) is 28.6 Å². The third-order valence-electron chi connectivity index (χ3n) is 5.48. The van der Waals surface area contributed by atoms with E-state index in [9.17, 15) is 13.2 Å². The van der Waals surface area contributed by atoms with E-state index in [4.69, 9.17) is 14.0 Å². The minimum Gasteiger partial charge on any atom is -0.493 e. The molecule has 1 amide bonds. The van der Waals surface area contributed by atoms with Crippen LogP contribution in [-0.4, -0.2) is 51.1 Å². The first-order chi connectivity index (χ1) is 15.9. The van der Waals surface area contributed by atoms with Gasteiger partial charge in [0.1, 0.15) is 5.69 Å². The number of rotatable bonds is 8. The summed E-state index contributed by atoms with van der Waals surface area (Å²) in [5.41, 5.74) is 1.66. The van der Waals surface area contributed by atoms with Crippen molar-refractivity contribution in [3.63, 3.8) is 0 Å². The molecule has 10 heteroatoms. The molecule has 9 nitrogen and oxygen atoms in total. The molecule has 0 unspecified atom stereocenters. The average molecular weight is 472 g/mol. The van der Waals surface area contributed by atoms with E-state index in [0.717, 1.165) is 18.4 Å². The first kappa shape index (κ1) is 22.8. The van der Waals surface area contributed by atoms with Crippen molar-refractivity contribution in [2.75, 3.05) is 27.3 Å². The van der Waals surface area contributed by atoms with Gasteiger partial charge in [0.05, 0.1) is 25.7 Å². The molecule has 3 aromatic rings. The number of carbonyl (C=O) groups is 1. The third-order valence-corrected chi connectivity index (χ3v) is 7.39. The van der Waals surface area contributed by atoms with Gasteiger partial charge in [0.15, 0.2) is 17.3 Å². The van der Waals surface area contributed by atoms with Gasteiger partial charge in [-0.15, -0.1) is 0 Å². The molecular formula is C23H25N3O6S. The van der Waals surface area contributed by atoms with Gasteiger partial charge >= 0.3 is 0 Å². The van der Waals surface area contributed by atoms with E-state index in [1.807, 2.05) is 6.07 Å². The lowest BCUT2D eigenvalue weighted by Crippen LogP contribution is -2.28. The summed E-state index contributed by atoms with van der Waals surface area (Å²) in [6.45, 7) is 1.23. The SMILES string of the molecule is COc1ccc(-c2cc(CNC(=O)c3ccc(S(=O)(=O)N4CCCC4)cc3)no2)cc1OC. The molecule has 0 radical (unpaired) electrons. The number of aromatic nitrogens is 1. The van der Waals surface area contributed by atoms with Crippen molar-refractivity contribution in [1.82, 2.24) is 14.8 Å². The van der Waals surface area contributed by atoms with Gasteiger partial charge in [0.2, 0.25) is 10.0 Å². The zero-order chi connectivity index (χ0) is 23.4. The number of nitrogens with one attached hydrogen (secondary N) is 1. The van der Waals surface area contributed by atoms with Gasteiger partial charge in [-0.2, -0.15) is 4.31 Å². The van der Waals surface area contributed by atoms with E-state index in [2.05, 4.69) is 10.5 Å². The van der Waals surface area contributed by atoms with Crippen LogP contribution in [0.3, 0.4) is 0 Å². The van der Waals surface area contributed by atoms with Crippen LogP contribution in [0.25, 0.3) is 11.3 Å². The van der Waals surface area contributed by atoms with E-state index in [-0.39, 0.29) is 17.3 Å². The Bertz CT molecular complexity index is 1230. The van der Waals surface area contributed by atoms with E-state index < -0.39 is 10.0 Å². The van der Waals surface area contributed by atoms with Crippen LogP contribution in [0, 0.1) is 0 Å². The molecule has 33 heavy (non-hydrogen) atoms. The summed E-state index contributed by atoms with van der Waals surface area (Å²) in [5, 5.41) is 6.77. The van der Waals surface area contributed by atoms with Crippen molar-refractivity contribution in [2.24, 2.45) is 0 Å². The van der Waals surface area contributed by atoms with Gasteiger partial charge in [-0.05, 0) is 55.3 Å². The Balaban J connectivity index is 1.39. The first-order valence-corrected chi connectivity index (χ1v) is 11.9. The van der Waals surface area contributed by atoms with Gasteiger partial charge in [-0.3, -0.25) is 4.79 Å². The monoisotopic (exact) mass is 471 g/mol. The van der Waals surface area contributed by atoms with Gasteiger partial charge in [-0.1, -0.05) is 5.16 Å². The molecule has 0 aliphatic carbocycles. The number of hydrogen-bond acceptors (Lipinski definition) is 7. The maximum absolute atomic E-state index is 12.6. The highest BCUT2D eigenvalue weighted by Crippen LogP contribution is 2.32. The van der Waals surface area contributed by atoms with Gasteiger partial charge < -0.3 is 19.3 Å². The Labute approximate surface area is 192 Å². The molecular weight excluding hydrogens is 446 g/mol. The summed E-state index contributed by atoms with van der Waals surface area (Å²) >= 11 is 0. The number of nitrogens with zero attached hydrogens (tertiary/aromatic N) is 2. The fraction of sp³-hybridized carbons (Fsp3) is 0.304. The zero-order valence-electron chi connectivity index (χ0n) is 18.4. The third kappa shape index (κ3) is 4.86. The summed E-state index contributed by atoms with van der Waals surface area (Å²) in [5.74, 6) is 1.36. The number of carbonyl (C=O) groups excluding carboxylic acids is 1. The molecule has 1 N–H and O–H groups in total. The molecule has 174 valence electrons. The van der Waals surface area contributed by atoms with E-state index in [0.29, 0.717) is 41.6 Å². The second-order valence-corrected chi connectivity index (χ2v) is 9.51. The maximum Gasteiger partial charge on any atom is 0.251 e. The summed E-state index contributed by atoms with van der Waals surface area (Å²) in [4.78, 5) is 12.7. The van der Waals surface area contributed by atoms with Gasteiger partial charge in [-0.25, -0.2) is 8.42 Å². The lowest BCUT2D eigenvalue weighted by Gasteiger charge is -2.15. The van der Waals surface area contributed by atoms with E-state index >= 15 is 0 Å². The Kier molecular flexibility index (Phi) is 6.66. The Morgan fingerprint density at radius 2 is 1.73 bits per heavy atom. The lowest BCUT2D eigenvalue weighted by molar-refractivity contribution is 0.0950. The summed E-state index contributed by atoms with van der Waals surface area (Å²) in [6, 6.07) is 13.0. The van der Waals surface area contributed by atoms with Crippen LogP contribution in [0.15, 0.2) is 57.9 Å². The molecule has 0 bridgehead atoms. The van der Waals surface area contributed by atoms with E-state index in [1.54, 1.807) is 32.4 Å². The maximum atomic E-state index is 12.6. The molecule has 2 heterocycles.